The van der Waals surface area contributed by atoms with Crippen LogP contribution < -0.4 is 10.6 Å². The number of hydrogen-bond donors (Lipinski definition) is 2. The number of aromatic amines is 1. The number of fused-ring (bicyclic) bond motifs is 1. The minimum Gasteiger partial charge on any atom is -0.356 e. The predicted molar refractivity (Wildman–Crippen MR) is 90.7 cm³/mol. The lowest BCUT2D eigenvalue weighted by Gasteiger charge is -2.18. The summed E-state index contributed by atoms with van der Waals surface area (Å²) in [6.07, 6.45) is 2.70. The minimum absolute atomic E-state index is 0. The van der Waals surface area contributed by atoms with Crippen molar-refractivity contribution < 1.29 is 7.24 Å². The van der Waals surface area contributed by atoms with Crippen molar-refractivity contribution in [3.8, 4) is 11.4 Å². The summed E-state index contributed by atoms with van der Waals surface area (Å²) in [5, 5.41) is 7.73. The lowest BCUT2D eigenvalue weighted by Crippen LogP contribution is -2.23. The zero-order chi connectivity index (χ0) is 15.8. The van der Waals surface area contributed by atoms with Gasteiger partial charge in [0.2, 0.25) is 0 Å². The fourth-order valence-corrected chi connectivity index (χ4v) is 3.05. The van der Waals surface area contributed by atoms with E-state index in [9.17, 15) is 4.39 Å². The molecule has 3 aromatic rings. The van der Waals surface area contributed by atoms with E-state index in [0.717, 1.165) is 30.7 Å². The molecule has 3 N–H and O–H groups in total. The van der Waals surface area contributed by atoms with Gasteiger partial charge >= 0.3 is 0 Å². The van der Waals surface area contributed by atoms with Crippen LogP contribution in [0.25, 0.3) is 22.4 Å². The fraction of sp³-hybridized carbons (Fsp3) is 0.312. The van der Waals surface area contributed by atoms with E-state index in [2.05, 4.69) is 25.1 Å². The molecule has 0 aromatic carbocycles. The van der Waals surface area contributed by atoms with Gasteiger partial charge in [-0.05, 0) is 43.1 Å². The Morgan fingerprint density at radius 1 is 1.39 bits per heavy atom. The van der Waals surface area contributed by atoms with E-state index >= 15 is 0 Å². The van der Waals surface area contributed by atoms with E-state index in [4.69, 9.17) is 5.73 Å². The van der Waals surface area contributed by atoms with Crippen LogP contribution in [0.4, 0.5) is 10.2 Å². The molecule has 4 heterocycles. The Hall–Kier alpha value is -2.54. The summed E-state index contributed by atoms with van der Waals surface area (Å²) in [5.41, 5.74) is 7.12. The van der Waals surface area contributed by atoms with Crippen molar-refractivity contribution in [2.75, 3.05) is 24.5 Å². The van der Waals surface area contributed by atoms with Crippen LogP contribution in [0.3, 0.4) is 0 Å². The highest BCUT2D eigenvalue weighted by Gasteiger charge is 2.23. The second-order valence-corrected chi connectivity index (χ2v) is 5.81. The first kappa shape index (κ1) is 14.1. The molecule has 3 aromatic heterocycles. The molecule has 1 saturated heterocycles. The van der Waals surface area contributed by atoms with Crippen LogP contribution >= 0.6 is 0 Å². The van der Waals surface area contributed by atoms with E-state index in [0.29, 0.717) is 23.8 Å². The van der Waals surface area contributed by atoms with Crippen molar-refractivity contribution in [2.24, 2.45) is 11.7 Å². The SMILES string of the molecule is NCC1CCN(c2ccc(F)c(-c3[nH]nc4ncccc34)n2)C1.[HH].[HH]. The average Bonchev–Trinajstić information content (AvgIpc) is 3.22. The van der Waals surface area contributed by atoms with Crippen LogP contribution in [0.2, 0.25) is 0 Å². The number of aromatic nitrogens is 4. The third-order valence-corrected chi connectivity index (χ3v) is 4.34. The second-order valence-electron chi connectivity index (χ2n) is 5.81. The number of nitrogens with two attached hydrogens (primary N) is 1. The predicted octanol–water partition coefficient (Wildman–Crippen LogP) is 2.44. The first-order valence-electron chi connectivity index (χ1n) is 7.67. The molecule has 0 bridgehead atoms. The zero-order valence-electron chi connectivity index (χ0n) is 12.5. The standard InChI is InChI=1S/C16H17FN6.2H2/c17-12-3-4-13(23-7-5-10(8-18)9-23)20-15(12)14-11-2-1-6-19-16(11)22-21-14;;/h1-4,6,10H,5,7-9,18H2,(H,19,21,22);2*1H. The van der Waals surface area contributed by atoms with Crippen molar-refractivity contribution in [1.82, 2.24) is 20.2 Å². The minimum atomic E-state index is -0.377. The van der Waals surface area contributed by atoms with Gasteiger partial charge in [-0.15, -0.1) is 0 Å². The van der Waals surface area contributed by atoms with Gasteiger partial charge in [0.05, 0.1) is 5.69 Å². The number of halogens is 1. The molecule has 23 heavy (non-hydrogen) atoms. The highest BCUT2D eigenvalue weighted by Crippen LogP contribution is 2.29. The highest BCUT2D eigenvalue weighted by molar-refractivity contribution is 5.89. The Labute approximate surface area is 135 Å². The van der Waals surface area contributed by atoms with Crippen molar-refractivity contribution in [3.63, 3.8) is 0 Å². The third kappa shape index (κ3) is 2.43. The number of hydrogen-bond acceptors (Lipinski definition) is 5. The van der Waals surface area contributed by atoms with Gasteiger partial charge < -0.3 is 10.6 Å². The van der Waals surface area contributed by atoms with E-state index in [1.807, 2.05) is 6.07 Å². The topological polar surface area (TPSA) is 83.7 Å². The number of nitrogens with one attached hydrogen (secondary N) is 1. The quantitative estimate of drug-likeness (QED) is 0.775. The number of nitrogens with zero attached hydrogens (tertiary/aromatic N) is 4. The molecular weight excluding hydrogens is 295 g/mol. The molecule has 1 aliphatic rings. The Morgan fingerprint density at radius 3 is 3.13 bits per heavy atom. The van der Waals surface area contributed by atoms with Gasteiger partial charge in [0, 0.05) is 27.5 Å². The summed E-state index contributed by atoms with van der Waals surface area (Å²) in [6.45, 7) is 2.42. The second kappa shape index (κ2) is 5.58. The molecule has 0 saturated carbocycles. The summed E-state index contributed by atoms with van der Waals surface area (Å²) >= 11 is 0. The summed E-state index contributed by atoms with van der Waals surface area (Å²) in [6, 6.07) is 6.83. The molecule has 6 nitrogen and oxygen atoms in total. The normalized spacial score (nSPS) is 18.0. The highest BCUT2D eigenvalue weighted by atomic mass is 19.1. The van der Waals surface area contributed by atoms with Crippen molar-refractivity contribution in [2.45, 2.75) is 6.42 Å². The van der Waals surface area contributed by atoms with E-state index in [-0.39, 0.29) is 14.4 Å². The Balaban J connectivity index is 0.00000113. The molecule has 4 rings (SSSR count). The van der Waals surface area contributed by atoms with Crippen LogP contribution in [0, 0.1) is 11.7 Å². The molecule has 0 amide bonds. The van der Waals surface area contributed by atoms with E-state index < -0.39 is 0 Å². The van der Waals surface area contributed by atoms with Crippen molar-refractivity contribution in [1.29, 1.82) is 0 Å². The number of anilines is 1. The first-order valence-corrected chi connectivity index (χ1v) is 7.67. The van der Waals surface area contributed by atoms with Gasteiger partial charge in [-0.3, -0.25) is 5.10 Å². The van der Waals surface area contributed by atoms with Crippen LogP contribution in [-0.2, 0) is 0 Å². The maximum absolute atomic E-state index is 14.3. The molecule has 1 aliphatic heterocycles. The number of pyridine rings is 2. The number of H-pyrrole nitrogens is 1. The van der Waals surface area contributed by atoms with E-state index in [1.165, 1.54) is 6.07 Å². The Bertz CT molecular complexity index is 856. The third-order valence-electron chi connectivity index (χ3n) is 4.34. The Kier molecular flexibility index (Phi) is 3.42. The van der Waals surface area contributed by atoms with Gasteiger partial charge in [0.15, 0.2) is 11.5 Å². The molecule has 7 heteroatoms. The number of rotatable bonds is 3. The maximum Gasteiger partial charge on any atom is 0.181 e. The smallest absolute Gasteiger partial charge is 0.181 e. The lowest BCUT2D eigenvalue weighted by atomic mass is 10.1. The molecule has 0 aliphatic carbocycles. The summed E-state index contributed by atoms with van der Waals surface area (Å²) < 4.78 is 14.3. The summed E-state index contributed by atoms with van der Waals surface area (Å²) in [5.74, 6) is 0.865. The van der Waals surface area contributed by atoms with Gasteiger partial charge in [-0.25, -0.2) is 14.4 Å². The summed E-state index contributed by atoms with van der Waals surface area (Å²) in [7, 11) is 0. The van der Waals surface area contributed by atoms with Gasteiger partial charge in [0.1, 0.15) is 11.5 Å². The van der Waals surface area contributed by atoms with Gasteiger partial charge in [-0.2, -0.15) is 5.10 Å². The van der Waals surface area contributed by atoms with Gasteiger partial charge in [0.25, 0.3) is 0 Å². The monoisotopic (exact) mass is 316 g/mol. The van der Waals surface area contributed by atoms with E-state index in [1.54, 1.807) is 18.3 Å². The van der Waals surface area contributed by atoms with Gasteiger partial charge in [-0.1, -0.05) is 0 Å². The average molecular weight is 316 g/mol. The fourth-order valence-electron chi connectivity index (χ4n) is 3.05. The molecular formula is C16H21FN6. The zero-order valence-corrected chi connectivity index (χ0v) is 12.5. The van der Waals surface area contributed by atoms with Crippen LogP contribution in [-0.4, -0.2) is 39.8 Å². The Morgan fingerprint density at radius 2 is 2.30 bits per heavy atom. The largest absolute Gasteiger partial charge is 0.356 e. The molecule has 0 spiro atoms. The van der Waals surface area contributed by atoms with Crippen LogP contribution in [0.5, 0.6) is 0 Å². The van der Waals surface area contributed by atoms with Crippen molar-refractivity contribution >= 4 is 16.9 Å². The molecule has 1 fully saturated rings. The van der Waals surface area contributed by atoms with Crippen LogP contribution in [0.1, 0.15) is 9.27 Å². The first-order chi connectivity index (χ1) is 11.3. The molecule has 1 atom stereocenters. The lowest BCUT2D eigenvalue weighted by molar-refractivity contribution is 0.601. The van der Waals surface area contributed by atoms with Crippen molar-refractivity contribution in [3.05, 3.63) is 36.3 Å². The molecule has 0 radical (unpaired) electrons. The van der Waals surface area contributed by atoms with Crippen LogP contribution in [0.15, 0.2) is 30.5 Å². The molecule has 1 unspecified atom stereocenters. The summed E-state index contributed by atoms with van der Waals surface area (Å²) in [4.78, 5) is 10.8. The molecule has 122 valence electrons. The maximum atomic E-state index is 14.3.